The molecule has 0 saturated carbocycles. The molecule has 4 amide bonds. The largest absolute Gasteiger partial charge is 0.445 e. The first-order chi connectivity index (χ1) is 25.4. The molecule has 1 unspecified atom stereocenters. The molecule has 0 radical (unpaired) electrons. The fourth-order valence-electron chi connectivity index (χ4n) is 5.65. The molecule has 1 heterocycles. The molecule has 1 aromatic heterocycles. The van der Waals surface area contributed by atoms with Crippen LogP contribution in [-0.4, -0.2) is 69.2 Å². The fraction of sp³-hybridized carbons (Fsp3) is 0.410. The second kappa shape index (κ2) is 19.9. The zero-order valence-electron chi connectivity index (χ0n) is 31.2. The SMILES string of the molecule is [2H]N(C(=O)OCc1ccccc1)[C@H](Cc1cccc2ccccc12)C(=O)N[C@@H](Cc1cnc[nH]1)C(=O)N[C@@H](CC(C)C)[C@@H](O)CC(=O)NNC(C)CC. The summed E-state index contributed by atoms with van der Waals surface area (Å²) in [6, 6.07) is 18.8. The highest BCUT2D eigenvalue weighted by molar-refractivity contribution is 5.93. The number of nitrogens with one attached hydrogen (secondary N) is 6. The lowest BCUT2D eigenvalue weighted by Crippen LogP contribution is -2.57. The summed E-state index contributed by atoms with van der Waals surface area (Å²) in [5, 5.41) is 19.0. The van der Waals surface area contributed by atoms with E-state index < -0.39 is 48.0 Å². The van der Waals surface area contributed by atoms with Crippen molar-refractivity contribution < 1.29 is 30.4 Å². The topological polar surface area (TPSA) is 187 Å². The highest BCUT2D eigenvalue weighted by atomic mass is 16.5. The Hall–Kier alpha value is -5.27. The van der Waals surface area contributed by atoms with Gasteiger partial charge in [0.25, 0.3) is 0 Å². The second-order valence-electron chi connectivity index (χ2n) is 13.4. The third-order valence-electron chi connectivity index (χ3n) is 8.66. The Kier molecular flexibility index (Phi) is 14.6. The van der Waals surface area contributed by atoms with Crippen LogP contribution in [0.3, 0.4) is 0 Å². The van der Waals surface area contributed by atoms with E-state index in [4.69, 9.17) is 6.15 Å². The predicted molar refractivity (Wildman–Crippen MR) is 198 cm³/mol. The third-order valence-corrected chi connectivity index (χ3v) is 8.66. The number of imidazole rings is 1. The summed E-state index contributed by atoms with van der Waals surface area (Å²) < 4.78 is 14.3. The maximum absolute atomic E-state index is 14.2. The Morgan fingerprint density at radius 3 is 2.33 bits per heavy atom. The van der Waals surface area contributed by atoms with Gasteiger partial charge in [0.1, 0.15) is 18.7 Å². The molecule has 0 aliphatic heterocycles. The number of amides is 4. The van der Waals surface area contributed by atoms with Gasteiger partial charge in [-0.2, -0.15) is 0 Å². The van der Waals surface area contributed by atoms with Crippen molar-refractivity contribution in [3.8, 4) is 0 Å². The zero-order chi connectivity index (χ0) is 38.3. The number of aliphatic hydroxyl groups excluding tert-OH is 1. The van der Waals surface area contributed by atoms with Gasteiger partial charge in [-0.05, 0) is 47.6 Å². The van der Waals surface area contributed by atoms with Crippen molar-refractivity contribution in [2.75, 3.05) is 0 Å². The second-order valence-corrected chi connectivity index (χ2v) is 13.4. The van der Waals surface area contributed by atoms with Gasteiger partial charge in [-0.3, -0.25) is 19.8 Å². The Morgan fingerprint density at radius 1 is 0.904 bits per heavy atom. The van der Waals surface area contributed by atoms with E-state index in [0.29, 0.717) is 28.6 Å². The van der Waals surface area contributed by atoms with Crippen LogP contribution in [0.2, 0.25) is 1.41 Å². The Balaban J connectivity index is 1.58. The lowest BCUT2D eigenvalue weighted by molar-refractivity contribution is -0.131. The van der Waals surface area contributed by atoms with Crippen LogP contribution in [0.5, 0.6) is 0 Å². The van der Waals surface area contributed by atoms with Gasteiger partial charge in [-0.25, -0.2) is 15.2 Å². The first-order valence-electron chi connectivity index (χ1n) is 18.2. The quantitative estimate of drug-likeness (QED) is 0.0715. The summed E-state index contributed by atoms with van der Waals surface area (Å²) in [7, 11) is 0. The average Bonchev–Trinajstić information content (AvgIpc) is 3.67. The molecule has 5 atom stereocenters. The first-order valence-corrected chi connectivity index (χ1v) is 17.7. The third kappa shape index (κ3) is 12.5. The van der Waals surface area contributed by atoms with Crippen LogP contribution in [0.25, 0.3) is 10.8 Å². The van der Waals surface area contributed by atoms with Crippen LogP contribution < -0.4 is 26.8 Å². The molecule has 52 heavy (non-hydrogen) atoms. The number of hydrogen-bond acceptors (Lipinski definition) is 8. The number of alkyl carbamates (subject to hydrolysis) is 1. The highest BCUT2D eigenvalue weighted by Crippen LogP contribution is 2.20. The monoisotopic (exact) mass is 714 g/mol. The molecule has 278 valence electrons. The lowest BCUT2D eigenvalue weighted by Gasteiger charge is -2.29. The van der Waals surface area contributed by atoms with Crippen molar-refractivity contribution in [1.29, 1.82) is 0 Å². The molecule has 7 N–H and O–H groups in total. The minimum absolute atomic E-state index is 0.0151. The van der Waals surface area contributed by atoms with E-state index in [-0.39, 0.29) is 37.8 Å². The van der Waals surface area contributed by atoms with Gasteiger partial charge in [0.2, 0.25) is 17.7 Å². The number of rotatable bonds is 19. The van der Waals surface area contributed by atoms with Crippen LogP contribution in [0.1, 0.15) is 63.8 Å². The van der Waals surface area contributed by atoms with Gasteiger partial charge < -0.3 is 30.8 Å². The van der Waals surface area contributed by atoms with E-state index in [1.54, 1.807) is 24.3 Å². The van der Waals surface area contributed by atoms with E-state index in [2.05, 4.69) is 31.5 Å². The summed E-state index contributed by atoms with van der Waals surface area (Å²) in [5.74, 6) is -1.78. The van der Waals surface area contributed by atoms with E-state index in [9.17, 15) is 24.3 Å². The van der Waals surface area contributed by atoms with E-state index in [1.807, 2.05) is 76.2 Å². The molecular formula is C39H51N7O6. The highest BCUT2D eigenvalue weighted by Gasteiger charge is 2.32. The molecule has 4 aromatic rings. The number of aromatic amines is 1. The van der Waals surface area contributed by atoms with Gasteiger partial charge >= 0.3 is 6.09 Å². The Bertz CT molecular complexity index is 1770. The van der Waals surface area contributed by atoms with Crippen LogP contribution in [0.4, 0.5) is 4.79 Å². The maximum Gasteiger partial charge on any atom is 0.408 e. The minimum atomic E-state index is -1.40. The van der Waals surface area contributed by atoms with Gasteiger partial charge in [-0.1, -0.05) is 93.6 Å². The van der Waals surface area contributed by atoms with Gasteiger partial charge in [0.15, 0.2) is 1.41 Å². The molecule has 13 heteroatoms. The average molecular weight is 715 g/mol. The zero-order valence-corrected chi connectivity index (χ0v) is 30.2. The lowest BCUT2D eigenvalue weighted by atomic mass is 9.96. The normalized spacial score (nSPS) is 14.4. The Morgan fingerprint density at radius 2 is 1.62 bits per heavy atom. The van der Waals surface area contributed by atoms with Crippen molar-refractivity contribution in [2.24, 2.45) is 5.92 Å². The summed E-state index contributed by atoms with van der Waals surface area (Å²) in [6.07, 6.45) is 1.49. The number of carbonyl (C=O) groups excluding carboxylic acids is 4. The van der Waals surface area contributed by atoms with E-state index >= 15 is 0 Å². The van der Waals surface area contributed by atoms with Gasteiger partial charge in [-0.15, -0.1) is 0 Å². The first kappa shape index (κ1) is 38.0. The number of aromatic nitrogens is 2. The van der Waals surface area contributed by atoms with E-state index in [1.165, 1.54) is 12.5 Å². The van der Waals surface area contributed by atoms with Gasteiger partial charge in [0, 0.05) is 30.8 Å². The van der Waals surface area contributed by atoms with Crippen LogP contribution in [0.15, 0.2) is 85.3 Å². The van der Waals surface area contributed by atoms with Gasteiger partial charge in [0.05, 0.1) is 24.9 Å². The Labute approximate surface area is 306 Å². The van der Waals surface area contributed by atoms with Crippen molar-refractivity contribution in [3.63, 3.8) is 0 Å². The summed E-state index contributed by atoms with van der Waals surface area (Å²) in [4.78, 5) is 61.2. The number of ether oxygens (including phenoxy) is 1. The number of H-pyrrole nitrogens is 1. The summed E-state index contributed by atoms with van der Waals surface area (Å²) in [5.41, 5.74) is 7.45. The number of aliphatic hydroxyl groups is 1. The van der Waals surface area contributed by atoms with Crippen molar-refractivity contribution in [1.82, 2.24) is 36.8 Å². The maximum atomic E-state index is 14.2. The number of hydrazine groups is 1. The number of hydrogen-bond donors (Lipinski definition) is 7. The molecule has 0 aliphatic carbocycles. The minimum Gasteiger partial charge on any atom is -0.445 e. The van der Waals surface area contributed by atoms with E-state index in [0.717, 1.165) is 17.2 Å². The molecule has 0 aliphatic rings. The molecule has 4 rings (SSSR count). The summed E-state index contributed by atoms with van der Waals surface area (Å²) in [6.45, 7) is 7.63. The number of benzene rings is 3. The standard InChI is InChI=1S/C39H51N7O6/c1-5-26(4)45-46-36(48)21-35(47)32(18-25(2)3)42-38(50)34(20-30-22-40-24-41-30)43-37(49)33(44-39(51)52-23-27-12-7-6-8-13-27)19-29-16-11-15-28-14-9-10-17-31(28)29/h6-17,22,24-26,32-35,45,47H,5,18-21,23H2,1-4H3,(H,40,41)(H,42,50)(H,43,49)(H,44,51)(H,46,48)/t26?,32-,33+,34-,35-/m0/s1/i/hD. The molecule has 0 fully saturated rings. The van der Waals surface area contributed by atoms with Crippen molar-refractivity contribution in [2.45, 2.75) is 96.7 Å². The molecule has 0 bridgehead atoms. The predicted octanol–water partition coefficient (Wildman–Crippen LogP) is 3.83. The van der Waals surface area contributed by atoms with Crippen molar-refractivity contribution in [3.05, 3.63) is 102 Å². The number of fused-ring (bicyclic) bond motifs is 1. The molecular weight excluding hydrogens is 662 g/mol. The molecule has 13 nitrogen and oxygen atoms in total. The van der Waals surface area contributed by atoms with Crippen molar-refractivity contribution >= 4 is 34.6 Å². The number of carbonyl (C=O) groups is 4. The van der Waals surface area contributed by atoms with Crippen LogP contribution in [0, 0.1) is 5.92 Å². The van der Waals surface area contributed by atoms with Crippen LogP contribution in [-0.2, 0) is 38.6 Å². The molecule has 0 spiro atoms. The number of nitrogens with zero attached hydrogens (tertiary/aromatic N) is 1. The summed E-state index contributed by atoms with van der Waals surface area (Å²) >= 11 is 0. The molecule has 3 aromatic carbocycles. The molecule has 0 saturated heterocycles. The van der Waals surface area contributed by atoms with Crippen LogP contribution >= 0.6 is 0 Å². The fourth-order valence-corrected chi connectivity index (χ4v) is 5.65. The smallest absolute Gasteiger partial charge is 0.408 e.